The molecular formula is C24H24BrN3O2. The summed E-state index contributed by atoms with van der Waals surface area (Å²) in [6.45, 7) is 4.67. The van der Waals surface area contributed by atoms with E-state index in [2.05, 4.69) is 43.8 Å². The minimum atomic E-state index is -0.623. The Balaban J connectivity index is 1.63. The molecule has 1 aliphatic rings. The minimum Gasteiger partial charge on any atom is -0.383 e. The third-order valence-corrected chi connectivity index (χ3v) is 5.44. The van der Waals surface area contributed by atoms with E-state index in [1.54, 1.807) is 12.4 Å². The van der Waals surface area contributed by atoms with Crippen LogP contribution < -0.4 is 5.73 Å². The Morgan fingerprint density at radius 3 is 2.87 bits per heavy atom. The van der Waals surface area contributed by atoms with Crippen LogP contribution in [-0.4, -0.2) is 28.5 Å². The standard InChI is InChI=1S/C24H24BrN3O2/c1-24(2,30-22-5-3-4-12-29-22)10-8-21-19-7-6-16(13-17(19)9-11-27-21)20-14-18(25)15-28-23(20)26/h6-7,9,11,13-15,22H,3-5,12H2,1-2H3,(H2,26,28). The number of rotatable bonds is 3. The van der Waals surface area contributed by atoms with Gasteiger partial charge in [0.25, 0.3) is 0 Å². The highest BCUT2D eigenvalue weighted by Gasteiger charge is 2.24. The minimum absolute atomic E-state index is 0.185. The van der Waals surface area contributed by atoms with Gasteiger partial charge in [0.05, 0.1) is 0 Å². The van der Waals surface area contributed by atoms with Gasteiger partial charge in [0.15, 0.2) is 6.29 Å². The van der Waals surface area contributed by atoms with Gasteiger partial charge in [0, 0.05) is 34.4 Å². The van der Waals surface area contributed by atoms with Gasteiger partial charge in [0.2, 0.25) is 0 Å². The van der Waals surface area contributed by atoms with Crippen LogP contribution in [0, 0.1) is 11.8 Å². The number of halogens is 1. The Morgan fingerprint density at radius 2 is 2.07 bits per heavy atom. The van der Waals surface area contributed by atoms with Crippen LogP contribution in [0.5, 0.6) is 0 Å². The summed E-state index contributed by atoms with van der Waals surface area (Å²) in [5, 5.41) is 2.03. The van der Waals surface area contributed by atoms with Gasteiger partial charge < -0.3 is 15.2 Å². The van der Waals surface area contributed by atoms with Crippen LogP contribution in [0.3, 0.4) is 0 Å². The summed E-state index contributed by atoms with van der Waals surface area (Å²) in [5.41, 5.74) is 8.06. The zero-order valence-electron chi connectivity index (χ0n) is 17.1. The van der Waals surface area contributed by atoms with Crippen LogP contribution in [0.1, 0.15) is 38.8 Å². The van der Waals surface area contributed by atoms with Crippen LogP contribution in [0.25, 0.3) is 21.9 Å². The van der Waals surface area contributed by atoms with Crippen LogP contribution in [0.15, 0.2) is 47.2 Å². The van der Waals surface area contributed by atoms with Gasteiger partial charge in [-0.05, 0) is 84.1 Å². The SMILES string of the molecule is CC(C)(C#Cc1nccc2cc(-c3cc(Br)cnc3N)ccc12)OC1CCCCO1. The molecule has 0 spiro atoms. The van der Waals surface area contributed by atoms with Crippen molar-refractivity contribution in [3.05, 3.63) is 52.9 Å². The topological polar surface area (TPSA) is 70.3 Å². The number of hydrogen-bond acceptors (Lipinski definition) is 5. The van der Waals surface area contributed by atoms with Crippen molar-refractivity contribution in [2.24, 2.45) is 0 Å². The highest BCUT2D eigenvalue weighted by atomic mass is 79.9. The fourth-order valence-electron chi connectivity index (χ4n) is 3.50. The highest BCUT2D eigenvalue weighted by molar-refractivity contribution is 9.10. The van der Waals surface area contributed by atoms with E-state index in [0.717, 1.165) is 57.9 Å². The second-order valence-electron chi connectivity index (χ2n) is 7.86. The largest absolute Gasteiger partial charge is 0.383 e. The van der Waals surface area contributed by atoms with E-state index in [-0.39, 0.29) is 6.29 Å². The number of nitrogens with zero attached hydrogens (tertiary/aromatic N) is 2. The number of nitrogens with two attached hydrogens (primary N) is 1. The molecule has 2 aromatic heterocycles. The van der Waals surface area contributed by atoms with Gasteiger partial charge in [0.1, 0.15) is 17.1 Å². The second kappa shape index (κ2) is 8.73. The lowest BCUT2D eigenvalue weighted by Gasteiger charge is -2.29. The quantitative estimate of drug-likeness (QED) is 0.530. The van der Waals surface area contributed by atoms with Crippen molar-refractivity contribution in [3.63, 3.8) is 0 Å². The highest BCUT2D eigenvalue weighted by Crippen LogP contribution is 2.30. The number of ether oxygens (including phenoxy) is 2. The van der Waals surface area contributed by atoms with Gasteiger partial charge in [-0.3, -0.25) is 0 Å². The first-order valence-corrected chi connectivity index (χ1v) is 10.8. The van der Waals surface area contributed by atoms with E-state index in [9.17, 15) is 0 Å². The molecule has 4 rings (SSSR count). The first kappa shape index (κ1) is 20.8. The molecule has 6 heteroatoms. The molecule has 5 nitrogen and oxygen atoms in total. The number of benzene rings is 1. The number of pyridine rings is 2. The first-order valence-electron chi connectivity index (χ1n) is 10.0. The van der Waals surface area contributed by atoms with Crippen molar-refractivity contribution in [2.45, 2.75) is 45.0 Å². The van der Waals surface area contributed by atoms with Crippen molar-refractivity contribution < 1.29 is 9.47 Å². The second-order valence-corrected chi connectivity index (χ2v) is 8.77. The molecule has 1 aliphatic heterocycles. The third kappa shape index (κ3) is 4.81. The molecule has 1 atom stereocenters. The van der Waals surface area contributed by atoms with Gasteiger partial charge in [-0.1, -0.05) is 18.1 Å². The molecule has 1 fully saturated rings. The summed E-state index contributed by atoms with van der Waals surface area (Å²) in [6.07, 6.45) is 6.41. The first-order chi connectivity index (χ1) is 14.4. The Labute approximate surface area is 185 Å². The fourth-order valence-corrected chi connectivity index (χ4v) is 3.83. The molecule has 30 heavy (non-hydrogen) atoms. The van der Waals surface area contributed by atoms with Gasteiger partial charge in [-0.15, -0.1) is 0 Å². The summed E-state index contributed by atoms with van der Waals surface area (Å²) in [7, 11) is 0. The number of hydrogen-bond donors (Lipinski definition) is 1. The summed E-state index contributed by atoms with van der Waals surface area (Å²) < 4.78 is 12.6. The Bertz CT molecular complexity index is 1130. The number of aromatic nitrogens is 2. The summed E-state index contributed by atoms with van der Waals surface area (Å²) in [6, 6.07) is 10.1. The van der Waals surface area contributed by atoms with Crippen LogP contribution >= 0.6 is 15.9 Å². The van der Waals surface area contributed by atoms with Crippen molar-refractivity contribution in [1.82, 2.24) is 9.97 Å². The lowest BCUT2D eigenvalue weighted by atomic mass is 10.0. The van der Waals surface area contributed by atoms with Crippen molar-refractivity contribution in [1.29, 1.82) is 0 Å². The summed E-state index contributed by atoms with van der Waals surface area (Å²) >= 11 is 3.46. The molecule has 2 N–H and O–H groups in total. The van der Waals surface area contributed by atoms with Gasteiger partial charge >= 0.3 is 0 Å². The maximum atomic E-state index is 6.08. The molecule has 3 heterocycles. The van der Waals surface area contributed by atoms with Gasteiger partial charge in [-0.2, -0.15) is 0 Å². The third-order valence-electron chi connectivity index (χ3n) is 5.01. The lowest BCUT2D eigenvalue weighted by Crippen LogP contribution is -2.33. The maximum absolute atomic E-state index is 6.08. The van der Waals surface area contributed by atoms with Crippen molar-refractivity contribution in [3.8, 4) is 23.0 Å². The van der Waals surface area contributed by atoms with E-state index in [4.69, 9.17) is 15.2 Å². The van der Waals surface area contributed by atoms with Crippen molar-refractivity contribution in [2.75, 3.05) is 12.3 Å². The average molecular weight is 466 g/mol. The molecule has 1 saturated heterocycles. The monoisotopic (exact) mass is 465 g/mol. The van der Waals surface area contributed by atoms with E-state index < -0.39 is 5.60 Å². The molecule has 0 saturated carbocycles. The van der Waals surface area contributed by atoms with E-state index in [1.807, 2.05) is 38.1 Å². The van der Waals surface area contributed by atoms with Crippen LogP contribution in [0.4, 0.5) is 5.82 Å². The molecule has 0 radical (unpaired) electrons. The summed E-state index contributed by atoms with van der Waals surface area (Å²) in [4.78, 5) is 8.71. The summed E-state index contributed by atoms with van der Waals surface area (Å²) in [5.74, 6) is 6.93. The Hall–Kier alpha value is -2.46. The average Bonchev–Trinajstić information content (AvgIpc) is 2.74. The molecule has 0 aliphatic carbocycles. The van der Waals surface area contributed by atoms with Crippen LogP contribution in [0.2, 0.25) is 0 Å². The predicted octanol–water partition coefficient (Wildman–Crippen LogP) is 5.31. The Kier molecular flexibility index (Phi) is 6.05. The molecule has 3 aromatic rings. The number of anilines is 1. The number of nitrogen functional groups attached to an aromatic ring is 1. The molecule has 0 amide bonds. The lowest BCUT2D eigenvalue weighted by molar-refractivity contribution is -0.199. The molecule has 0 bridgehead atoms. The Morgan fingerprint density at radius 1 is 1.20 bits per heavy atom. The molecule has 1 unspecified atom stereocenters. The van der Waals surface area contributed by atoms with E-state index in [0.29, 0.717) is 5.82 Å². The van der Waals surface area contributed by atoms with Crippen molar-refractivity contribution >= 4 is 32.5 Å². The normalized spacial score (nSPS) is 16.8. The fraction of sp³-hybridized carbons (Fsp3) is 0.333. The molecule has 154 valence electrons. The zero-order valence-corrected chi connectivity index (χ0v) is 18.7. The smallest absolute Gasteiger partial charge is 0.159 e. The van der Waals surface area contributed by atoms with E-state index >= 15 is 0 Å². The van der Waals surface area contributed by atoms with E-state index in [1.165, 1.54) is 0 Å². The van der Waals surface area contributed by atoms with Crippen LogP contribution in [-0.2, 0) is 9.47 Å². The maximum Gasteiger partial charge on any atom is 0.159 e. The van der Waals surface area contributed by atoms with Gasteiger partial charge in [-0.25, -0.2) is 9.97 Å². The number of fused-ring (bicyclic) bond motifs is 1. The molecular weight excluding hydrogens is 442 g/mol. The molecule has 1 aromatic carbocycles. The zero-order chi connectivity index (χ0) is 21.1. The predicted molar refractivity (Wildman–Crippen MR) is 123 cm³/mol.